The molecule has 1 atom stereocenters. The summed E-state index contributed by atoms with van der Waals surface area (Å²) in [5.74, 6) is 0.920. The molecule has 0 aliphatic carbocycles. The van der Waals surface area contributed by atoms with Crippen LogP contribution < -0.4 is 5.32 Å². The Hall–Kier alpha value is -0.170. The van der Waals surface area contributed by atoms with Crippen molar-refractivity contribution in [1.29, 1.82) is 0 Å². The van der Waals surface area contributed by atoms with Gasteiger partial charge in [0.25, 0.3) is 0 Å². The van der Waals surface area contributed by atoms with Crippen molar-refractivity contribution in [2.75, 3.05) is 45.0 Å². The summed E-state index contributed by atoms with van der Waals surface area (Å²) in [4.78, 5) is 2.40. The molecule has 0 spiro atoms. The van der Waals surface area contributed by atoms with Gasteiger partial charge in [0.1, 0.15) is 0 Å². The number of sulfonamides is 1. The minimum Gasteiger partial charge on any atom is -0.317 e. The maximum atomic E-state index is 12.5. The number of nitrogens with zero attached hydrogens (tertiary/aromatic N) is 2. The molecule has 2 aliphatic heterocycles. The third-order valence-electron chi connectivity index (χ3n) is 5.12. The molecule has 2 heterocycles. The monoisotopic (exact) mass is 317 g/mol. The van der Waals surface area contributed by atoms with E-state index in [0.717, 1.165) is 51.9 Å². The van der Waals surface area contributed by atoms with Crippen molar-refractivity contribution in [2.24, 2.45) is 5.92 Å². The molecule has 0 aromatic rings. The van der Waals surface area contributed by atoms with E-state index in [1.807, 2.05) is 0 Å². The van der Waals surface area contributed by atoms with Crippen LogP contribution in [0, 0.1) is 5.92 Å². The quantitative estimate of drug-likeness (QED) is 0.798. The summed E-state index contributed by atoms with van der Waals surface area (Å²) in [7, 11) is -3.05. The molecule has 2 fully saturated rings. The lowest BCUT2D eigenvalue weighted by molar-refractivity contribution is 0.142. The predicted octanol–water partition coefficient (Wildman–Crippen LogP) is 1.12. The van der Waals surface area contributed by atoms with Gasteiger partial charge in [0.2, 0.25) is 10.0 Å². The highest BCUT2D eigenvalue weighted by Gasteiger charge is 2.28. The van der Waals surface area contributed by atoms with Gasteiger partial charge in [0, 0.05) is 32.2 Å². The molecule has 1 N–H and O–H groups in total. The van der Waals surface area contributed by atoms with E-state index in [2.05, 4.69) is 24.1 Å². The van der Waals surface area contributed by atoms with Crippen LogP contribution in [0.2, 0.25) is 0 Å². The molecule has 1 unspecified atom stereocenters. The van der Waals surface area contributed by atoms with E-state index >= 15 is 0 Å². The second-order valence-electron chi connectivity index (χ2n) is 6.49. The number of piperidine rings is 1. The van der Waals surface area contributed by atoms with Gasteiger partial charge < -0.3 is 5.32 Å². The van der Waals surface area contributed by atoms with E-state index in [0.29, 0.717) is 30.8 Å². The molecular formula is C15H31N3O2S. The molecule has 2 saturated heterocycles. The van der Waals surface area contributed by atoms with Gasteiger partial charge in [-0.05, 0) is 51.6 Å². The Balaban J connectivity index is 1.78. The first kappa shape index (κ1) is 17.2. The Morgan fingerprint density at radius 3 is 2.33 bits per heavy atom. The van der Waals surface area contributed by atoms with Crippen LogP contribution in [0.4, 0.5) is 0 Å². The summed E-state index contributed by atoms with van der Waals surface area (Å²) in [6, 6.07) is 0.560. The fourth-order valence-corrected chi connectivity index (χ4v) is 4.90. The molecule has 124 valence electrons. The average Bonchev–Trinajstić information content (AvgIpc) is 2.53. The third kappa shape index (κ3) is 4.91. The lowest BCUT2D eigenvalue weighted by atomic mass is 9.96. The fourth-order valence-electron chi connectivity index (χ4n) is 3.30. The summed E-state index contributed by atoms with van der Waals surface area (Å²) in [6.45, 7) is 9.58. The first-order valence-electron chi connectivity index (χ1n) is 8.45. The Kier molecular flexibility index (Phi) is 6.47. The SMILES string of the molecule is CCC(C)N1CCN(S(=O)(=O)CCC2CCNCC2)CC1. The number of nitrogens with one attached hydrogen (secondary N) is 1. The maximum Gasteiger partial charge on any atom is 0.214 e. The van der Waals surface area contributed by atoms with Crippen LogP contribution in [0.1, 0.15) is 39.5 Å². The number of rotatable bonds is 6. The van der Waals surface area contributed by atoms with Crippen LogP contribution in [0.15, 0.2) is 0 Å². The smallest absolute Gasteiger partial charge is 0.214 e. The molecule has 0 aromatic carbocycles. The minimum absolute atomic E-state index is 0.334. The van der Waals surface area contributed by atoms with Gasteiger partial charge in [-0.25, -0.2) is 8.42 Å². The lowest BCUT2D eigenvalue weighted by Gasteiger charge is -2.37. The van der Waals surface area contributed by atoms with Gasteiger partial charge in [-0.15, -0.1) is 0 Å². The van der Waals surface area contributed by atoms with E-state index in [4.69, 9.17) is 0 Å². The van der Waals surface area contributed by atoms with Crippen molar-refractivity contribution in [1.82, 2.24) is 14.5 Å². The van der Waals surface area contributed by atoms with Crippen LogP contribution in [-0.4, -0.2) is 68.7 Å². The molecule has 0 aromatic heterocycles. The Morgan fingerprint density at radius 2 is 1.76 bits per heavy atom. The standard InChI is InChI=1S/C15H31N3O2S/c1-3-14(2)17-9-11-18(12-10-17)21(19,20)13-6-15-4-7-16-8-5-15/h14-16H,3-13H2,1-2H3. The zero-order valence-corrected chi connectivity index (χ0v) is 14.4. The number of hydrogen-bond acceptors (Lipinski definition) is 4. The van der Waals surface area contributed by atoms with Crippen molar-refractivity contribution in [3.63, 3.8) is 0 Å². The minimum atomic E-state index is -3.05. The summed E-state index contributed by atoms with van der Waals surface area (Å²) in [5.41, 5.74) is 0. The highest BCUT2D eigenvalue weighted by atomic mass is 32.2. The third-order valence-corrected chi connectivity index (χ3v) is 7.03. The van der Waals surface area contributed by atoms with E-state index in [1.54, 1.807) is 4.31 Å². The molecule has 6 heteroatoms. The van der Waals surface area contributed by atoms with E-state index < -0.39 is 10.0 Å². The summed E-state index contributed by atoms with van der Waals surface area (Å²) in [6.07, 6.45) is 4.20. The number of piperazine rings is 1. The number of hydrogen-bond donors (Lipinski definition) is 1. The molecule has 0 amide bonds. The molecule has 0 bridgehead atoms. The van der Waals surface area contributed by atoms with Gasteiger partial charge in [-0.1, -0.05) is 6.92 Å². The second-order valence-corrected chi connectivity index (χ2v) is 8.58. The largest absolute Gasteiger partial charge is 0.317 e. The topological polar surface area (TPSA) is 52.7 Å². The van der Waals surface area contributed by atoms with Gasteiger partial charge in [0.05, 0.1) is 5.75 Å². The van der Waals surface area contributed by atoms with Crippen LogP contribution >= 0.6 is 0 Å². The van der Waals surface area contributed by atoms with Crippen molar-refractivity contribution in [3.05, 3.63) is 0 Å². The Bertz CT molecular complexity index is 399. The highest BCUT2D eigenvalue weighted by Crippen LogP contribution is 2.19. The molecule has 0 saturated carbocycles. The zero-order valence-electron chi connectivity index (χ0n) is 13.6. The maximum absolute atomic E-state index is 12.5. The second kappa shape index (κ2) is 7.90. The van der Waals surface area contributed by atoms with E-state index in [1.165, 1.54) is 0 Å². The van der Waals surface area contributed by atoms with Gasteiger partial charge >= 0.3 is 0 Å². The highest BCUT2D eigenvalue weighted by molar-refractivity contribution is 7.89. The lowest BCUT2D eigenvalue weighted by Crippen LogP contribution is -2.51. The first-order chi connectivity index (χ1) is 10.0. The molecule has 21 heavy (non-hydrogen) atoms. The van der Waals surface area contributed by atoms with E-state index in [9.17, 15) is 8.42 Å². The molecule has 5 nitrogen and oxygen atoms in total. The van der Waals surface area contributed by atoms with Gasteiger partial charge in [0.15, 0.2) is 0 Å². The molecule has 2 rings (SSSR count). The van der Waals surface area contributed by atoms with Gasteiger partial charge in [-0.3, -0.25) is 4.90 Å². The average molecular weight is 317 g/mol. The van der Waals surface area contributed by atoms with Crippen molar-refractivity contribution < 1.29 is 8.42 Å². The predicted molar refractivity (Wildman–Crippen MR) is 86.9 cm³/mol. The van der Waals surface area contributed by atoms with Crippen molar-refractivity contribution in [3.8, 4) is 0 Å². The Labute approximate surface area is 130 Å². The van der Waals surface area contributed by atoms with Crippen molar-refractivity contribution in [2.45, 2.75) is 45.6 Å². The normalized spacial score (nSPS) is 25.0. The Morgan fingerprint density at radius 1 is 1.14 bits per heavy atom. The fraction of sp³-hybridized carbons (Fsp3) is 1.00. The van der Waals surface area contributed by atoms with Crippen LogP contribution in [0.3, 0.4) is 0 Å². The van der Waals surface area contributed by atoms with E-state index in [-0.39, 0.29) is 0 Å². The molecule has 0 radical (unpaired) electrons. The first-order valence-corrected chi connectivity index (χ1v) is 10.1. The van der Waals surface area contributed by atoms with Crippen LogP contribution in [0.25, 0.3) is 0 Å². The summed E-state index contributed by atoms with van der Waals surface area (Å²) < 4.78 is 26.6. The van der Waals surface area contributed by atoms with Crippen LogP contribution in [0.5, 0.6) is 0 Å². The molecular weight excluding hydrogens is 286 g/mol. The summed E-state index contributed by atoms with van der Waals surface area (Å²) in [5, 5.41) is 3.33. The summed E-state index contributed by atoms with van der Waals surface area (Å²) >= 11 is 0. The van der Waals surface area contributed by atoms with Crippen molar-refractivity contribution >= 4 is 10.0 Å². The van der Waals surface area contributed by atoms with Crippen LogP contribution in [-0.2, 0) is 10.0 Å². The zero-order chi connectivity index (χ0) is 15.3. The molecule has 2 aliphatic rings. The van der Waals surface area contributed by atoms with Gasteiger partial charge in [-0.2, -0.15) is 4.31 Å².